The molecule has 0 heterocycles. The normalized spacial score (nSPS) is 12.1. The van der Waals surface area contributed by atoms with Crippen LogP contribution in [0, 0.1) is 12.7 Å². The monoisotopic (exact) mass is 312 g/mol. The Kier molecular flexibility index (Phi) is 5.78. The zero-order valence-electron chi connectivity index (χ0n) is 10.7. The predicted molar refractivity (Wildman–Crippen MR) is 67.6 cm³/mol. The highest BCUT2D eigenvalue weighted by molar-refractivity contribution is 7.89. The summed E-state index contributed by atoms with van der Waals surface area (Å²) in [5, 5.41) is 0. The number of benzene rings is 1. The predicted octanol–water partition coefficient (Wildman–Crippen LogP) is 1.28. The lowest BCUT2D eigenvalue weighted by molar-refractivity contribution is 0.0199. The Morgan fingerprint density at radius 2 is 2.05 bits per heavy atom. The summed E-state index contributed by atoms with van der Waals surface area (Å²) in [5.74, 6) is -0.933. The smallest absolute Gasteiger partial charge is 0.261 e. The first-order valence-corrected chi connectivity index (χ1v) is 7.13. The van der Waals surface area contributed by atoms with Gasteiger partial charge in [-0.3, -0.25) is 0 Å². The Morgan fingerprint density at radius 1 is 1.40 bits per heavy atom. The molecule has 1 aromatic carbocycles. The van der Waals surface area contributed by atoms with Gasteiger partial charge in [0.15, 0.2) is 0 Å². The quantitative estimate of drug-likeness (QED) is 0.587. The Bertz CT molecular complexity index is 564. The van der Waals surface area contributed by atoms with Crippen LogP contribution in [0.5, 0.6) is 0 Å². The Balaban J connectivity index is 2.68. The molecule has 0 saturated carbocycles. The molecule has 3 N–H and O–H groups in total. The molecule has 0 aliphatic rings. The minimum Gasteiger partial charge on any atom is -0.398 e. The van der Waals surface area contributed by atoms with E-state index in [9.17, 15) is 21.6 Å². The SMILES string of the molecule is Cc1cc(F)c(S(=O)(=O)NCCOCC(F)F)cc1N. The Morgan fingerprint density at radius 3 is 2.65 bits per heavy atom. The average molecular weight is 312 g/mol. The summed E-state index contributed by atoms with van der Waals surface area (Å²) in [6.07, 6.45) is -2.62. The fraction of sp³-hybridized carbons (Fsp3) is 0.455. The van der Waals surface area contributed by atoms with Crippen molar-refractivity contribution in [2.45, 2.75) is 18.2 Å². The molecule has 5 nitrogen and oxygen atoms in total. The van der Waals surface area contributed by atoms with Gasteiger partial charge < -0.3 is 10.5 Å². The van der Waals surface area contributed by atoms with E-state index >= 15 is 0 Å². The van der Waals surface area contributed by atoms with E-state index in [0.717, 1.165) is 12.1 Å². The highest BCUT2D eigenvalue weighted by Gasteiger charge is 2.19. The number of nitrogens with two attached hydrogens (primary N) is 1. The molecular weight excluding hydrogens is 297 g/mol. The molecule has 0 bridgehead atoms. The Labute approximate surface area is 115 Å². The second-order valence-corrected chi connectivity index (χ2v) is 5.74. The molecule has 0 aliphatic carbocycles. The number of alkyl halides is 2. The van der Waals surface area contributed by atoms with Crippen LogP contribution in [0.3, 0.4) is 0 Å². The van der Waals surface area contributed by atoms with Crippen LogP contribution in [0.15, 0.2) is 17.0 Å². The van der Waals surface area contributed by atoms with E-state index < -0.39 is 33.8 Å². The summed E-state index contributed by atoms with van der Waals surface area (Å²) in [7, 11) is -4.10. The van der Waals surface area contributed by atoms with Crippen molar-refractivity contribution in [1.82, 2.24) is 4.72 Å². The molecule has 20 heavy (non-hydrogen) atoms. The summed E-state index contributed by atoms with van der Waals surface area (Å²) in [5.41, 5.74) is 6.09. The molecule has 9 heteroatoms. The third kappa shape index (κ3) is 4.66. The van der Waals surface area contributed by atoms with E-state index in [-0.39, 0.29) is 18.8 Å². The average Bonchev–Trinajstić information content (AvgIpc) is 2.32. The van der Waals surface area contributed by atoms with Gasteiger partial charge in [-0.25, -0.2) is 26.3 Å². The minimum atomic E-state index is -4.10. The third-order valence-electron chi connectivity index (χ3n) is 2.39. The van der Waals surface area contributed by atoms with Gasteiger partial charge in [0.1, 0.15) is 17.3 Å². The molecule has 0 fully saturated rings. The number of sulfonamides is 1. The highest BCUT2D eigenvalue weighted by Crippen LogP contribution is 2.21. The topological polar surface area (TPSA) is 81.4 Å². The van der Waals surface area contributed by atoms with Crippen molar-refractivity contribution >= 4 is 15.7 Å². The number of hydrogen-bond acceptors (Lipinski definition) is 4. The highest BCUT2D eigenvalue weighted by atomic mass is 32.2. The van der Waals surface area contributed by atoms with E-state index in [0.29, 0.717) is 5.56 Å². The van der Waals surface area contributed by atoms with Crippen molar-refractivity contribution < 1.29 is 26.3 Å². The van der Waals surface area contributed by atoms with Gasteiger partial charge in [-0.2, -0.15) is 0 Å². The van der Waals surface area contributed by atoms with Crippen LogP contribution in [0.4, 0.5) is 18.9 Å². The van der Waals surface area contributed by atoms with Gasteiger partial charge in [0.05, 0.1) is 6.61 Å². The molecule has 0 spiro atoms. The van der Waals surface area contributed by atoms with E-state index in [1.807, 2.05) is 4.72 Å². The van der Waals surface area contributed by atoms with Gasteiger partial charge in [-0.1, -0.05) is 0 Å². The maximum Gasteiger partial charge on any atom is 0.261 e. The lowest BCUT2D eigenvalue weighted by Gasteiger charge is -2.10. The first-order valence-electron chi connectivity index (χ1n) is 5.65. The summed E-state index contributed by atoms with van der Waals surface area (Å²) in [6.45, 7) is 0.267. The summed E-state index contributed by atoms with van der Waals surface area (Å²) in [6, 6.07) is 2.02. The van der Waals surface area contributed by atoms with Gasteiger partial charge in [-0.15, -0.1) is 0 Å². The molecule has 0 unspecified atom stereocenters. The zero-order chi connectivity index (χ0) is 15.3. The maximum absolute atomic E-state index is 13.6. The molecule has 0 aliphatic heterocycles. The lowest BCUT2D eigenvalue weighted by Crippen LogP contribution is -2.28. The molecule has 0 amide bonds. The van der Waals surface area contributed by atoms with Crippen LogP contribution >= 0.6 is 0 Å². The zero-order valence-corrected chi connectivity index (χ0v) is 11.5. The summed E-state index contributed by atoms with van der Waals surface area (Å²) >= 11 is 0. The molecule has 0 saturated heterocycles. The van der Waals surface area contributed by atoms with Crippen LogP contribution in [0.2, 0.25) is 0 Å². The minimum absolute atomic E-state index is 0.140. The number of aryl methyl sites for hydroxylation is 1. The van der Waals surface area contributed by atoms with Crippen molar-refractivity contribution in [1.29, 1.82) is 0 Å². The van der Waals surface area contributed by atoms with Gasteiger partial charge in [-0.05, 0) is 24.6 Å². The van der Waals surface area contributed by atoms with Crippen LogP contribution in [0.25, 0.3) is 0 Å². The van der Waals surface area contributed by atoms with Crippen LogP contribution in [-0.4, -0.2) is 34.6 Å². The lowest BCUT2D eigenvalue weighted by atomic mass is 10.2. The van der Waals surface area contributed by atoms with E-state index in [1.165, 1.54) is 0 Å². The Hall–Kier alpha value is -1.32. The first-order chi connectivity index (χ1) is 9.24. The number of nitrogen functional groups attached to an aromatic ring is 1. The van der Waals surface area contributed by atoms with Crippen LogP contribution < -0.4 is 10.5 Å². The van der Waals surface area contributed by atoms with E-state index in [2.05, 4.69) is 4.74 Å². The van der Waals surface area contributed by atoms with Crippen molar-refractivity contribution in [3.05, 3.63) is 23.5 Å². The molecule has 1 aromatic rings. The van der Waals surface area contributed by atoms with Gasteiger partial charge >= 0.3 is 0 Å². The van der Waals surface area contributed by atoms with Crippen molar-refractivity contribution in [2.24, 2.45) is 0 Å². The van der Waals surface area contributed by atoms with E-state index in [1.54, 1.807) is 6.92 Å². The number of hydrogen-bond donors (Lipinski definition) is 2. The molecular formula is C11H15F3N2O3S. The standard InChI is InChI=1S/C11H15F3N2O3S/c1-7-4-8(12)10(5-9(7)15)20(17,18)16-2-3-19-6-11(13)14/h4-5,11,16H,2-3,6,15H2,1H3. The van der Waals surface area contributed by atoms with Gasteiger partial charge in [0.2, 0.25) is 10.0 Å². The van der Waals surface area contributed by atoms with Gasteiger partial charge in [0.25, 0.3) is 6.43 Å². The summed E-state index contributed by atoms with van der Waals surface area (Å²) < 4.78 is 67.3. The van der Waals surface area contributed by atoms with Gasteiger partial charge in [0, 0.05) is 12.2 Å². The molecule has 0 radical (unpaired) electrons. The fourth-order valence-electron chi connectivity index (χ4n) is 1.37. The first kappa shape index (κ1) is 16.7. The second-order valence-electron chi connectivity index (χ2n) is 4.00. The van der Waals surface area contributed by atoms with Crippen LogP contribution in [0.1, 0.15) is 5.56 Å². The van der Waals surface area contributed by atoms with Crippen LogP contribution in [-0.2, 0) is 14.8 Å². The third-order valence-corrected chi connectivity index (χ3v) is 3.87. The molecule has 1 rings (SSSR count). The number of nitrogens with one attached hydrogen (secondary N) is 1. The number of anilines is 1. The van der Waals surface area contributed by atoms with E-state index in [4.69, 9.17) is 5.73 Å². The van der Waals surface area contributed by atoms with Crippen molar-refractivity contribution in [3.8, 4) is 0 Å². The number of rotatable bonds is 7. The maximum atomic E-state index is 13.6. The van der Waals surface area contributed by atoms with Crippen molar-refractivity contribution in [2.75, 3.05) is 25.5 Å². The molecule has 114 valence electrons. The van der Waals surface area contributed by atoms with Crippen molar-refractivity contribution in [3.63, 3.8) is 0 Å². The molecule has 0 atom stereocenters. The fourth-order valence-corrected chi connectivity index (χ4v) is 2.48. The largest absolute Gasteiger partial charge is 0.398 e. The molecule has 0 aromatic heterocycles. The number of halogens is 3. The number of ether oxygens (including phenoxy) is 1. The summed E-state index contributed by atoms with van der Waals surface area (Å²) in [4.78, 5) is -0.588. The second kappa shape index (κ2) is 6.91.